The smallest absolute Gasteiger partial charge is 0.0516 e. The SMILES string of the molecule is C[Si](C)(CCCCCC1COC1)CCCCCC1COC1. The molecule has 3 heteroatoms. The van der Waals surface area contributed by atoms with Crippen LogP contribution in [0.5, 0.6) is 0 Å². The van der Waals surface area contributed by atoms with Gasteiger partial charge in [-0.15, -0.1) is 0 Å². The molecule has 0 amide bonds. The molecule has 0 N–H and O–H groups in total. The fourth-order valence-corrected chi connectivity index (χ4v) is 6.12. The zero-order valence-electron chi connectivity index (χ0n) is 14.4. The van der Waals surface area contributed by atoms with E-state index in [2.05, 4.69) is 13.1 Å². The van der Waals surface area contributed by atoms with Crippen LogP contribution in [0.3, 0.4) is 0 Å². The molecule has 21 heavy (non-hydrogen) atoms. The van der Waals surface area contributed by atoms with E-state index in [4.69, 9.17) is 9.47 Å². The minimum atomic E-state index is -0.896. The minimum absolute atomic E-state index is 0.896. The van der Waals surface area contributed by atoms with Gasteiger partial charge in [0.1, 0.15) is 0 Å². The molecule has 0 aromatic rings. The van der Waals surface area contributed by atoms with Crippen molar-refractivity contribution in [3.63, 3.8) is 0 Å². The number of hydrogen-bond donors (Lipinski definition) is 0. The maximum atomic E-state index is 5.24. The van der Waals surface area contributed by atoms with E-state index in [9.17, 15) is 0 Å². The van der Waals surface area contributed by atoms with Gasteiger partial charge >= 0.3 is 0 Å². The van der Waals surface area contributed by atoms with Crippen LogP contribution in [0, 0.1) is 11.8 Å². The van der Waals surface area contributed by atoms with Gasteiger partial charge in [0.2, 0.25) is 0 Å². The Morgan fingerprint density at radius 3 is 1.43 bits per heavy atom. The average molecular weight is 313 g/mol. The highest BCUT2D eigenvalue weighted by molar-refractivity contribution is 6.77. The summed E-state index contributed by atoms with van der Waals surface area (Å²) >= 11 is 0. The van der Waals surface area contributed by atoms with Crippen molar-refractivity contribution in [2.75, 3.05) is 26.4 Å². The number of ether oxygens (including phenoxy) is 2. The second-order valence-electron chi connectivity index (χ2n) is 8.17. The molecule has 2 saturated heterocycles. The van der Waals surface area contributed by atoms with Crippen molar-refractivity contribution in [3.8, 4) is 0 Å². The van der Waals surface area contributed by atoms with Gasteiger partial charge in [-0.1, -0.05) is 63.7 Å². The zero-order chi connectivity index (χ0) is 15.0. The largest absolute Gasteiger partial charge is 0.381 e. The standard InChI is InChI=1S/C18H36O2Si/c1-21(2,11-7-3-5-9-17-13-19-14-17)12-8-4-6-10-18-15-20-16-18/h17-18H,3-16H2,1-2H3. The molecule has 2 fully saturated rings. The van der Waals surface area contributed by atoms with Crippen molar-refractivity contribution >= 4 is 8.07 Å². The molecule has 0 atom stereocenters. The lowest BCUT2D eigenvalue weighted by molar-refractivity contribution is -0.0364. The second-order valence-corrected chi connectivity index (χ2v) is 13.5. The highest BCUT2D eigenvalue weighted by Crippen LogP contribution is 2.25. The molecule has 0 aliphatic carbocycles. The van der Waals surface area contributed by atoms with E-state index >= 15 is 0 Å². The Balaban J connectivity index is 1.38. The summed E-state index contributed by atoms with van der Waals surface area (Å²) in [5.74, 6) is 1.80. The van der Waals surface area contributed by atoms with Gasteiger partial charge in [0.25, 0.3) is 0 Å². The fraction of sp³-hybridized carbons (Fsp3) is 1.00. The third kappa shape index (κ3) is 7.29. The van der Waals surface area contributed by atoms with Crippen LogP contribution in [0.2, 0.25) is 25.2 Å². The van der Waals surface area contributed by atoms with Gasteiger partial charge in [-0.3, -0.25) is 0 Å². The van der Waals surface area contributed by atoms with Crippen LogP contribution >= 0.6 is 0 Å². The number of unbranched alkanes of at least 4 members (excludes halogenated alkanes) is 4. The molecule has 0 aromatic heterocycles. The normalized spacial score (nSPS) is 20.3. The fourth-order valence-electron chi connectivity index (χ4n) is 3.45. The van der Waals surface area contributed by atoms with Crippen LogP contribution in [0.4, 0.5) is 0 Å². The predicted molar refractivity (Wildman–Crippen MR) is 92.7 cm³/mol. The number of rotatable bonds is 12. The molecule has 0 bridgehead atoms. The quantitative estimate of drug-likeness (QED) is 0.368. The molecule has 0 spiro atoms. The first-order chi connectivity index (χ1) is 10.2. The molecule has 0 aromatic carbocycles. The van der Waals surface area contributed by atoms with Gasteiger partial charge in [-0.25, -0.2) is 0 Å². The topological polar surface area (TPSA) is 18.5 Å². The van der Waals surface area contributed by atoms with E-state index in [-0.39, 0.29) is 0 Å². The van der Waals surface area contributed by atoms with Crippen LogP contribution in [-0.2, 0) is 9.47 Å². The molecule has 2 heterocycles. The molecular weight excluding hydrogens is 276 g/mol. The van der Waals surface area contributed by atoms with E-state index < -0.39 is 8.07 Å². The predicted octanol–water partition coefficient (Wildman–Crippen LogP) is 5.11. The van der Waals surface area contributed by atoms with Crippen LogP contribution in [0.15, 0.2) is 0 Å². The molecule has 2 aliphatic heterocycles. The second kappa shape index (κ2) is 9.31. The Kier molecular flexibility index (Phi) is 7.76. The first-order valence-corrected chi connectivity index (χ1v) is 12.7. The Morgan fingerprint density at radius 1 is 0.667 bits per heavy atom. The van der Waals surface area contributed by atoms with Crippen molar-refractivity contribution in [1.29, 1.82) is 0 Å². The van der Waals surface area contributed by atoms with Crippen molar-refractivity contribution in [1.82, 2.24) is 0 Å². The molecule has 0 unspecified atom stereocenters. The molecule has 0 saturated carbocycles. The van der Waals surface area contributed by atoms with Crippen molar-refractivity contribution < 1.29 is 9.47 Å². The van der Waals surface area contributed by atoms with Crippen molar-refractivity contribution in [2.24, 2.45) is 11.8 Å². The number of hydrogen-bond acceptors (Lipinski definition) is 2. The van der Waals surface area contributed by atoms with Gasteiger partial charge < -0.3 is 9.47 Å². The Labute approximate surface area is 133 Å². The lowest BCUT2D eigenvalue weighted by atomic mass is 10.0. The van der Waals surface area contributed by atoms with Gasteiger partial charge in [0.15, 0.2) is 0 Å². The summed E-state index contributed by atoms with van der Waals surface area (Å²) in [7, 11) is -0.896. The highest BCUT2D eigenvalue weighted by atomic mass is 28.3. The van der Waals surface area contributed by atoms with Gasteiger partial charge in [0.05, 0.1) is 26.4 Å². The third-order valence-electron chi connectivity index (χ3n) is 5.35. The summed E-state index contributed by atoms with van der Waals surface area (Å²) in [5.41, 5.74) is 0. The first-order valence-electron chi connectivity index (χ1n) is 9.31. The summed E-state index contributed by atoms with van der Waals surface area (Å²) in [6.07, 6.45) is 11.5. The van der Waals surface area contributed by atoms with E-state index in [1.54, 1.807) is 12.1 Å². The monoisotopic (exact) mass is 312 g/mol. The molecule has 2 aliphatic rings. The minimum Gasteiger partial charge on any atom is -0.381 e. The van der Waals surface area contributed by atoms with E-state index in [0.29, 0.717) is 0 Å². The van der Waals surface area contributed by atoms with Crippen molar-refractivity contribution in [2.45, 2.75) is 76.5 Å². The molecule has 2 rings (SSSR count). The maximum absolute atomic E-state index is 5.24. The molecule has 0 radical (unpaired) electrons. The van der Waals surface area contributed by atoms with Gasteiger partial charge in [-0.05, 0) is 12.8 Å². The van der Waals surface area contributed by atoms with Crippen molar-refractivity contribution in [3.05, 3.63) is 0 Å². The average Bonchev–Trinajstić information content (AvgIpc) is 2.33. The summed E-state index contributed by atoms with van der Waals surface area (Å²) in [6, 6.07) is 3.09. The Bertz CT molecular complexity index is 246. The summed E-state index contributed by atoms with van der Waals surface area (Å²) in [5, 5.41) is 0. The van der Waals surface area contributed by atoms with Gasteiger partial charge in [0, 0.05) is 19.9 Å². The Morgan fingerprint density at radius 2 is 1.10 bits per heavy atom. The highest BCUT2D eigenvalue weighted by Gasteiger charge is 2.21. The van der Waals surface area contributed by atoms with E-state index in [1.807, 2.05) is 0 Å². The summed E-state index contributed by atoms with van der Waals surface area (Å²) < 4.78 is 10.5. The van der Waals surface area contributed by atoms with Crippen LogP contribution in [0.1, 0.15) is 51.4 Å². The molecule has 124 valence electrons. The van der Waals surface area contributed by atoms with Gasteiger partial charge in [-0.2, -0.15) is 0 Å². The van der Waals surface area contributed by atoms with Crippen LogP contribution in [-0.4, -0.2) is 34.5 Å². The summed E-state index contributed by atoms with van der Waals surface area (Å²) in [6.45, 7) is 9.35. The summed E-state index contributed by atoms with van der Waals surface area (Å²) in [4.78, 5) is 0. The lowest BCUT2D eigenvalue weighted by Gasteiger charge is -2.26. The lowest BCUT2D eigenvalue weighted by Crippen LogP contribution is -2.27. The first kappa shape index (κ1) is 17.5. The molecular formula is C18H36O2Si. The molecule has 2 nitrogen and oxygen atoms in total. The maximum Gasteiger partial charge on any atom is 0.0516 e. The van der Waals surface area contributed by atoms with E-state index in [1.165, 1.54) is 51.4 Å². The van der Waals surface area contributed by atoms with Crippen LogP contribution < -0.4 is 0 Å². The third-order valence-corrected chi connectivity index (χ3v) is 8.76. The Hall–Kier alpha value is 0.137. The van der Waals surface area contributed by atoms with E-state index in [0.717, 1.165) is 38.3 Å². The van der Waals surface area contributed by atoms with Crippen LogP contribution in [0.25, 0.3) is 0 Å². The zero-order valence-corrected chi connectivity index (χ0v) is 15.4.